The fourth-order valence-electron chi connectivity index (χ4n) is 4.57. The normalized spacial score (nSPS) is 20.8. The number of aryl methyl sites for hydroxylation is 1. The molecule has 0 saturated carbocycles. The monoisotopic (exact) mass is 445 g/mol. The van der Waals surface area contributed by atoms with Crippen molar-refractivity contribution in [1.82, 2.24) is 9.97 Å². The Morgan fingerprint density at radius 2 is 1.52 bits per heavy atom. The summed E-state index contributed by atoms with van der Waals surface area (Å²) >= 11 is 0. The van der Waals surface area contributed by atoms with Crippen LogP contribution >= 0.6 is 0 Å². The number of carbonyl (C=O) groups is 1. The van der Waals surface area contributed by atoms with Gasteiger partial charge in [0.1, 0.15) is 11.9 Å². The van der Waals surface area contributed by atoms with E-state index in [-0.39, 0.29) is 6.10 Å². The summed E-state index contributed by atoms with van der Waals surface area (Å²) in [4.78, 5) is 21.9. The first-order valence-electron chi connectivity index (χ1n) is 11.6. The first-order valence-corrected chi connectivity index (χ1v) is 11.6. The molecular formula is C27H31N3O3. The Labute approximate surface area is 195 Å². The summed E-state index contributed by atoms with van der Waals surface area (Å²) in [5, 5.41) is 14.0. The number of nitrogens with zero attached hydrogens (tertiary/aromatic N) is 3. The first-order chi connectivity index (χ1) is 16.0. The van der Waals surface area contributed by atoms with Crippen molar-refractivity contribution in [3.8, 4) is 0 Å². The smallest absolute Gasteiger partial charge is 0.304 e. The standard InChI is InChI=1S/C27H31N3O3/c1-30(19-8-14-25-28-17-9-18-29-25)20-15-24(16-21-30)33-26(31)27(32,22-10-4-2-5-11-22)23-12-6-3-7-13-23/h2-7,9-13,17-18,24H,8,14-16,19-21H2,1H3. The third-order valence-corrected chi connectivity index (χ3v) is 6.62. The molecule has 2 aromatic carbocycles. The van der Waals surface area contributed by atoms with E-state index in [4.69, 9.17) is 4.74 Å². The lowest BCUT2D eigenvalue weighted by Crippen LogP contribution is -2.54. The molecule has 1 fully saturated rings. The molecule has 1 aliphatic heterocycles. The molecule has 0 N–H and O–H groups in total. The number of carbonyl (C=O) groups excluding carboxylic acids is 1. The molecule has 0 spiro atoms. The Morgan fingerprint density at radius 1 is 0.970 bits per heavy atom. The molecule has 33 heavy (non-hydrogen) atoms. The van der Waals surface area contributed by atoms with Crippen LogP contribution in [-0.4, -0.2) is 53.2 Å². The zero-order valence-corrected chi connectivity index (χ0v) is 19.1. The molecule has 172 valence electrons. The molecular weight excluding hydrogens is 414 g/mol. The van der Waals surface area contributed by atoms with Gasteiger partial charge < -0.3 is 14.3 Å². The molecule has 0 unspecified atom stereocenters. The van der Waals surface area contributed by atoms with E-state index in [0.29, 0.717) is 11.1 Å². The van der Waals surface area contributed by atoms with Crippen molar-refractivity contribution >= 4 is 5.97 Å². The maximum atomic E-state index is 14.0. The van der Waals surface area contributed by atoms with Gasteiger partial charge in [-0.25, -0.2) is 9.97 Å². The van der Waals surface area contributed by atoms with Crippen LogP contribution in [0.15, 0.2) is 79.1 Å². The van der Waals surface area contributed by atoms with Crippen LogP contribution in [-0.2, 0) is 21.6 Å². The number of aromatic nitrogens is 2. The fourth-order valence-corrected chi connectivity index (χ4v) is 4.57. The minimum absolute atomic E-state index is 0.234. The zero-order chi connectivity index (χ0) is 23.2. The minimum Gasteiger partial charge on any atom is -0.834 e. The van der Waals surface area contributed by atoms with E-state index in [1.54, 1.807) is 60.9 Å². The van der Waals surface area contributed by atoms with Crippen molar-refractivity contribution < 1.29 is 19.1 Å². The number of esters is 1. The molecule has 6 heteroatoms. The van der Waals surface area contributed by atoms with E-state index in [0.717, 1.165) is 55.6 Å². The average Bonchev–Trinajstić information content (AvgIpc) is 2.87. The number of hydrogen-bond donors (Lipinski definition) is 0. The summed E-state index contributed by atoms with van der Waals surface area (Å²) in [7, 11) is 2.25. The number of hydrogen-bond acceptors (Lipinski definition) is 5. The van der Waals surface area contributed by atoms with Gasteiger partial charge in [-0.1, -0.05) is 60.7 Å². The molecule has 0 aliphatic carbocycles. The van der Waals surface area contributed by atoms with Crippen molar-refractivity contribution in [2.45, 2.75) is 37.4 Å². The average molecular weight is 446 g/mol. The third kappa shape index (κ3) is 5.46. The van der Waals surface area contributed by atoms with Gasteiger partial charge in [0.2, 0.25) is 0 Å². The van der Waals surface area contributed by atoms with Gasteiger partial charge in [-0.3, -0.25) is 4.79 Å². The minimum atomic E-state index is -2.08. The summed E-state index contributed by atoms with van der Waals surface area (Å²) in [5.74, 6) is 0.156. The summed E-state index contributed by atoms with van der Waals surface area (Å²) in [6.07, 6.45) is 6.70. The topological polar surface area (TPSA) is 75.1 Å². The Balaban J connectivity index is 1.37. The number of rotatable bonds is 8. The number of piperidine rings is 1. The maximum absolute atomic E-state index is 14.0. The highest BCUT2D eigenvalue weighted by Crippen LogP contribution is 2.30. The lowest BCUT2D eigenvalue weighted by atomic mass is 9.86. The van der Waals surface area contributed by atoms with Gasteiger partial charge in [0.15, 0.2) is 0 Å². The van der Waals surface area contributed by atoms with Crippen molar-refractivity contribution in [3.63, 3.8) is 0 Å². The van der Waals surface area contributed by atoms with Gasteiger partial charge >= 0.3 is 5.97 Å². The molecule has 2 heterocycles. The maximum Gasteiger partial charge on any atom is 0.304 e. The Morgan fingerprint density at radius 3 is 2.06 bits per heavy atom. The molecule has 3 aromatic rings. The van der Waals surface area contributed by atoms with Gasteiger partial charge in [0.05, 0.1) is 26.7 Å². The van der Waals surface area contributed by atoms with Gasteiger partial charge in [-0.2, -0.15) is 0 Å². The lowest BCUT2D eigenvalue weighted by molar-refractivity contribution is -0.915. The number of likely N-dealkylation sites (tertiary alicyclic amines) is 1. The van der Waals surface area contributed by atoms with Crippen LogP contribution in [0.2, 0.25) is 0 Å². The summed E-state index contributed by atoms with van der Waals surface area (Å²) in [5.41, 5.74) is -1.27. The van der Waals surface area contributed by atoms with Crippen LogP contribution in [0, 0.1) is 0 Å². The number of ether oxygens (including phenoxy) is 1. The second-order valence-electron chi connectivity index (χ2n) is 9.08. The SMILES string of the molecule is C[N+]1(CCCc2ncccn2)CCC(OC(=O)C([O-])(c2ccccc2)c2ccccc2)CC1. The van der Waals surface area contributed by atoms with E-state index >= 15 is 0 Å². The lowest BCUT2D eigenvalue weighted by Gasteiger charge is -2.43. The fraction of sp³-hybridized carbons (Fsp3) is 0.370. The van der Waals surface area contributed by atoms with Crippen molar-refractivity contribution in [2.24, 2.45) is 0 Å². The molecule has 1 aliphatic rings. The van der Waals surface area contributed by atoms with Crippen molar-refractivity contribution in [1.29, 1.82) is 0 Å². The summed E-state index contributed by atoms with van der Waals surface area (Å²) in [6.45, 7) is 2.85. The third-order valence-electron chi connectivity index (χ3n) is 6.62. The molecule has 0 amide bonds. The summed E-state index contributed by atoms with van der Waals surface area (Å²) < 4.78 is 6.78. The van der Waals surface area contributed by atoms with E-state index in [2.05, 4.69) is 17.0 Å². The molecule has 0 atom stereocenters. The first kappa shape index (κ1) is 23.1. The molecule has 0 bridgehead atoms. The molecule has 4 rings (SSSR count). The molecule has 6 nitrogen and oxygen atoms in total. The highest BCUT2D eigenvalue weighted by molar-refractivity contribution is 5.85. The van der Waals surface area contributed by atoms with E-state index in [1.165, 1.54) is 0 Å². The van der Waals surface area contributed by atoms with Crippen LogP contribution in [0.1, 0.15) is 36.2 Å². The molecule has 1 aromatic heterocycles. The van der Waals surface area contributed by atoms with Gasteiger partial charge in [0, 0.05) is 43.7 Å². The van der Waals surface area contributed by atoms with Crippen LogP contribution in [0.25, 0.3) is 0 Å². The van der Waals surface area contributed by atoms with E-state index in [1.807, 2.05) is 18.2 Å². The highest BCUT2D eigenvalue weighted by Gasteiger charge is 2.36. The molecule has 0 radical (unpaired) electrons. The number of quaternary nitrogens is 1. The predicted molar refractivity (Wildman–Crippen MR) is 124 cm³/mol. The second kappa shape index (κ2) is 10.2. The Kier molecular flexibility index (Phi) is 7.16. The van der Waals surface area contributed by atoms with Crippen molar-refractivity contribution in [3.05, 3.63) is 96.1 Å². The van der Waals surface area contributed by atoms with Gasteiger partial charge in [-0.15, -0.1) is 0 Å². The largest absolute Gasteiger partial charge is 0.834 e. The van der Waals surface area contributed by atoms with E-state index < -0.39 is 11.6 Å². The predicted octanol–water partition coefficient (Wildman–Crippen LogP) is 2.87. The van der Waals surface area contributed by atoms with Crippen LogP contribution in [0.5, 0.6) is 0 Å². The van der Waals surface area contributed by atoms with Crippen LogP contribution in [0.4, 0.5) is 0 Å². The summed E-state index contributed by atoms with van der Waals surface area (Å²) in [6, 6.07) is 19.4. The van der Waals surface area contributed by atoms with Gasteiger partial charge in [0.25, 0.3) is 0 Å². The van der Waals surface area contributed by atoms with Crippen LogP contribution < -0.4 is 5.11 Å². The molecule has 1 saturated heterocycles. The van der Waals surface area contributed by atoms with Crippen LogP contribution in [0.3, 0.4) is 0 Å². The Bertz CT molecular complexity index is 981. The van der Waals surface area contributed by atoms with E-state index in [9.17, 15) is 9.90 Å². The van der Waals surface area contributed by atoms with Gasteiger partial charge in [-0.05, 0) is 17.2 Å². The quantitative estimate of drug-likeness (QED) is 0.394. The zero-order valence-electron chi connectivity index (χ0n) is 19.1. The van der Waals surface area contributed by atoms with Crippen molar-refractivity contribution in [2.75, 3.05) is 26.7 Å². The second-order valence-corrected chi connectivity index (χ2v) is 9.08. The Hall–Kier alpha value is -3.09. The number of benzene rings is 2. The highest BCUT2D eigenvalue weighted by atomic mass is 16.6.